The molecule has 0 aliphatic rings. The summed E-state index contributed by atoms with van der Waals surface area (Å²) < 4.78 is 12.6. The van der Waals surface area contributed by atoms with Crippen molar-refractivity contribution >= 4 is 31.9 Å². The van der Waals surface area contributed by atoms with Gasteiger partial charge < -0.3 is 14.5 Å². The number of hydrogen-bond acceptors (Lipinski definition) is 3. The van der Waals surface area contributed by atoms with Gasteiger partial charge in [0.15, 0.2) is 4.67 Å². The highest BCUT2D eigenvalue weighted by Crippen LogP contribution is 2.26. The van der Waals surface area contributed by atoms with Gasteiger partial charge in [-0.05, 0) is 64.7 Å². The molecule has 92 valence electrons. The Morgan fingerprint density at radius 2 is 2.19 bits per heavy atom. The van der Waals surface area contributed by atoms with Gasteiger partial charge in [-0.15, -0.1) is 0 Å². The Morgan fingerprint density at radius 1 is 1.44 bits per heavy atom. The minimum absolute atomic E-state index is 0.317. The average molecular weight is 355 g/mol. The van der Waals surface area contributed by atoms with Gasteiger partial charge in [-0.3, -0.25) is 0 Å². The first kappa shape index (κ1) is 14.2. The summed E-state index contributed by atoms with van der Waals surface area (Å²) in [7, 11) is 0. The van der Waals surface area contributed by atoms with Crippen LogP contribution in [0.15, 0.2) is 19.6 Å². The second-order valence-corrected chi connectivity index (χ2v) is 5.36. The molecule has 1 N–H and O–H groups in total. The van der Waals surface area contributed by atoms with E-state index in [9.17, 15) is 0 Å². The van der Waals surface area contributed by atoms with Crippen molar-refractivity contribution in [1.82, 2.24) is 5.32 Å². The molecule has 0 spiro atoms. The van der Waals surface area contributed by atoms with E-state index in [1.165, 1.54) is 0 Å². The van der Waals surface area contributed by atoms with Crippen molar-refractivity contribution in [3.05, 3.63) is 21.0 Å². The first-order chi connectivity index (χ1) is 7.59. The van der Waals surface area contributed by atoms with Crippen LogP contribution in [-0.4, -0.2) is 19.3 Å². The summed E-state index contributed by atoms with van der Waals surface area (Å²) in [5.41, 5.74) is 0. The molecule has 0 saturated heterocycles. The lowest BCUT2D eigenvalue weighted by Crippen LogP contribution is -2.17. The molecule has 0 bridgehead atoms. The Balaban J connectivity index is 2.07. The van der Waals surface area contributed by atoms with Crippen LogP contribution in [0.2, 0.25) is 0 Å². The first-order valence-electron chi connectivity index (χ1n) is 5.35. The molecule has 0 fully saturated rings. The van der Waals surface area contributed by atoms with Gasteiger partial charge in [0.2, 0.25) is 0 Å². The van der Waals surface area contributed by atoms with Gasteiger partial charge in [0, 0.05) is 6.61 Å². The Labute approximate surface area is 113 Å². The van der Waals surface area contributed by atoms with Crippen LogP contribution in [-0.2, 0) is 11.3 Å². The van der Waals surface area contributed by atoms with Crippen molar-refractivity contribution in [3.63, 3.8) is 0 Å². The van der Waals surface area contributed by atoms with E-state index in [1.54, 1.807) is 0 Å². The third-order valence-electron chi connectivity index (χ3n) is 1.94. The zero-order chi connectivity index (χ0) is 12.0. The molecule has 0 amide bonds. The molecule has 3 nitrogen and oxygen atoms in total. The lowest BCUT2D eigenvalue weighted by molar-refractivity contribution is 0.0770. The normalized spacial score (nSPS) is 11.3. The Bertz CT molecular complexity index is 293. The molecule has 0 radical (unpaired) electrons. The Kier molecular flexibility index (Phi) is 6.65. The van der Waals surface area contributed by atoms with Crippen molar-refractivity contribution < 1.29 is 9.15 Å². The summed E-state index contributed by atoms with van der Waals surface area (Å²) in [4.78, 5) is 0. The SMILES string of the molecule is CC(C)OCCCNCc1cc(Br)c(Br)o1. The Hall–Kier alpha value is 0.160. The van der Waals surface area contributed by atoms with E-state index in [0.717, 1.165) is 41.0 Å². The summed E-state index contributed by atoms with van der Waals surface area (Å²) in [5, 5.41) is 3.30. The van der Waals surface area contributed by atoms with Gasteiger partial charge in [-0.2, -0.15) is 0 Å². The van der Waals surface area contributed by atoms with E-state index in [0.29, 0.717) is 6.10 Å². The van der Waals surface area contributed by atoms with Crippen LogP contribution in [0.1, 0.15) is 26.0 Å². The van der Waals surface area contributed by atoms with Crippen molar-refractivity contribution in [1.29, 1.82) is 0 Å². The summed E-state index contributed by atoms with van der Waals surface area (Å²) >= 11 is 6.68. The monoisotopic (exact) mass is 353 g/mol. The maximum atomic E-state index is 5.44. The second-order valence-electron chi connectivity index (χ2n) is 3.78. The topological polar surface area (TPSA) is 34.4 Å². The van der Waals surface area contributed by atoms with Crippen LogP contribution in [0.4, 0.5) is 0 Å². The minimum Gasteiger partial charge on any atom is -0.452 e. The van der Waals surface area contributed by atoms with E-state index < -0.39 is 0 Å². The first-order valence-corrected chi connectivity index (χ1v) is 6.94. The van der Waals surface area contributed by atoms with E-state index in [-0.39, 0.29) is 0 Å². The van der Waals surface area contributed by atoms with Crippen LogP contribution in [0, 0.1) is 0 Å². The summed E-state index contributed by atoms with van der Waals surface area (Å²) in [6, 6.07) is 1.96. The predicted molar refractivity (Wildman–Crippen MR) is 71.5 cm³/mol. The molecule has 1 rings (SSSR count). The zero-order valence-corrected chi connectivity index (χ0v) is 12.7. The molecule has 0 aliphatic heterocycles. The summed E-state index contributed by atoms with van der Waals surface area (Å²) in [5.74, 6) is 0.920. The van der Waals surface area contributed by atoms with Gasteiger partial charge in [-0.1, -0.05) is 0 Å². The molecule has 5 heteroatoms. The highest BCUT2D eigenvalue weighted by atomic mass is 79.9. The number of furan rings is 1. The van der Waals surface area contributed by atoms with Gasteiger partial charge in [0.25, 0.3) is 0 Å². The summed E-state index contributed by atoms with van der Waals surface area (Å²) in [6.45, 7) is 6.57. The van der Waals surface area contributed by atoms with Gasteiger partial charge in [0.1, 0.15) is 5.76 Å². The zero-order valence-electron chi connectivity index (χ0n) is 9.56. The van der Waals surface area contributed by atoms with Crippen LogP contribution in [0.5, 0.6) is 0 Å². The molecule has 1 aromatic rings. The molecule has 0 aromatic carbocycles. The molecular formula is C11H17Br2NO2. The van der Waals surface area contributed by atoms with Crippen molar-refractivity contribution in [2.24, 2.45) is 0 Å². The van der Waals surface area contributed by atoms with Gasteiger partial charge in [0.05, 0.1) is 17.1 Å². The fourth-order valence-electron chi connectivity index (χ4n) is 1.21. The lowest BCUT2D eigenvalue weighted by Gasteiger charge is -2.07. The average Bonchev–Trinajstić information content (AvgIpc) is 2.52. The third kappa shape index (κ3) is 5.48. The second kappa shape index (κ2) is 7.48. The van der Waals surface area contributed by atoms with Crippen LogP contribution < -0.4 is 5.32 Å². The highest BCUT2D eigenvalue weighted by molar-refractivity contribution is 9.13. The number of nitrogens with one attached hydrogen (secondary N) is 1. The van der Waals surface area contributed by atoms with Gasteiger partial charge in [-0.25, -0.2) is 0 Å². The number of hydrogen-bond donors (Lipinski definition) is 1. The molecule has 0 unspecified atom stereocenters. The predicted octanol–water partition coefficient (Wildman–Crippen LogP) is 3.71. The molecule has 1 aromatic heterocycles. The smallest absolute Gasteiger partial charge is 0.183 e. The quantitative estimate of drug-likeness (QED) is 0.758. The maximum absolute atomic E-state index is 5.44. The van der Waals surface area contributed by atoms with Gasteiger partial charge >= 0.3 is 0 Å². The molecule has 1 heterocycles. The van der Waals surface area contributed by atoms with E-state index in [1.807, 2.05) is 19.9 Å². The summed E-state index contributed by atoms with van der Waals surface area (Å²) in [6.07, 6.45) is 1.33. The van der Waals surface area contributed by atoms with E-state index in [4.69, 9.17) is 9.15 Å². The van der Waals surface area contributed by atoms with E-state index in [2.05, 4.69) is 37.2 Å². The number of rotatable bonds is 7. The highest BCUT2D eigenvalue weighted by Gasteiger charge is 2.04. The third-order valence-corrected chi connectivity index (χ3v) is 3.65. The Morgan fingerprint density at radius 3 is 2.75 bits per heavy atom. The maximum Gasteiger partial charge on any atom is 0.183 e. The standard InChI is InChI=1S/C11H17Br2NO2/c1-8(2)15-5-3-4-14-7-9-6-10(12)11(13)16-9/h6,8,14H,3-5,7H2,1-2H3. The number of halogens is 2. The van der Waals surface area contributed by atoms with Crippen molar-refractivity contribution in [2.45, 2.75) is 32.9 Å². The van der Waals surface area contributed by atoms with E-state index >= 15 is 0 Å². The molecule has 0 atom stereocenters. The fraction of sp³-hybridized carbons (Fsp3) is 0.636. The molecule has 16 heavy (non-hydrogen) atoms. The lowest BCUT2D eigenvalue weighted by atomic mass is 10.4. The number of ether oxygens (including phenoxy) is 1. The molecular weight excluding hydrogens is 338 g/mol. The fourth-order valence-corrected chi connectivity index (χ4v) is 1.86. The van der Waals surface area contributed by atoms with Crippen molar-refractivity contribution in [3.8, 4) is 0 Å². The van der Waals surface area contributed by atoms with Crippen molar-refractivity contribution in [2.75, 3.05) is 13.2 Å². The minimum atomic E-state index is 0.317. The van der Waals surface area contributed by atoms with Crippen LogP contribution in [0.3, 0.4) is 0 Å². The van der Waals surface area contributed by atoms with Crippen LogP contribution in [0.25, 0.3) is 0 Å². The molecule has 0 aliphatic carbocycles. The largest absolute Gasteiger partial charge is 0.452 e. The molecule has 0 saturated carbocycles. The van der Waals surface area contributed by atoms with Crippen LogP contribution >= 0.6 is 31.9 Å².